The Labute approximate surface area is 152 Å². The highest BCUT2D eigenvalue weighted by Crippen LogP contribution is 2.32. The standard InChI is InChI=1S/C19H24N4O3/c1-13(21-8-10-22(11-9-21)19(26)14-6-7-14)18(25)23-12-17(24)20-15-4-2-3-5-16(15)23/h2-5,13-14H,6-12H2,1H3,(H,20,24)/t13-/m0/s1. The van der Waals surface area contributed by atoms with Gasteiger partial charge in [0.15, 0.2) is 0 Å². The van der Waals surface area contributed by atoms with Crippen LogP contribution < -0.4 is 10.2 Å². The van der Waals surface area contributed by atoms with E-state index in [0.717, 1.165) is 18.5 Å². The highest BCUT2D eigenvalue weighted by molar-refractivity contribution is 6.11. The topological polar surface area (TPSA) is 73.0 Å². The normalized spacial score (nSPS) is 21.8. The van der Waals surface area contributed by atoms with Gasteiger partial charge in [-0.05, 0) is 31.9 Å². The molecule has 7 nitrogen and oxygen atoms in total. The Hall–Kier alpha value is -2.41. The molecule has 0 aromatic heterocycles. The molecule has 1 atom stereocenters. The summed E-state index contributed by atoms with van der Waals surface area (Å²) in [6.45, 7) is 4.64. The van der Waals surface area contributed by atoms with E-state index in [9.17, 15) is 14.4 Å². The van der Waals surface area contributed by atoms with E-state index in [1.165, 1.54) is 0 Å². The van der Waals surface area contributed by atoms with Gasteiger partial charge < -0.3 is 10.2 Å². The average Bonchev–Trinajstić information content (AvgIpc) is 3.51. The van der Waals surface area contributed by atoms with Crippen molar-refractivity contribution in [1.82, 2.24) is 9.80 Å². The molecule has 1 saturated heterocycles. The fraction of sp³-hybridized carbons (Fsp3) is 0.526. The molecular weight excluding hydrogens is 332 g/mol. The van der Waals surface area contributed by atoms with Gasteiger partial charge in [-0.3, -0.25) is 24.2 Å². The van der Waals surface area contributed by atoms with E-state index in [1.807, 2.05) is 30.0 Å². The van der Waals surface area contributed by atoms with Crippen LogP contribution in [-0.4, -0.2) is 66.3 Å². The van der Waals surface area contributed by atoms with E-state index in [1.54, 1.807) is 11.0 Å². The maximum absolute atomic E-state index is 13.1. The number of benzene rings is 1. The van der Waals surface area contributed by atoms with Crippen molar-refractivity contribution in [2.75, 3.05) is 42.9 Å². The van der Waals surface area contributed by atoms with E-state index < -0.39 is 0 Å². The molecule has 0 spiro atoms. The molecule has 7 heteroatoms. The minimum atomic E-state index is -0.327. The molecule has 3 aliphatic rings. The molecule has 4 rings (SSSR count). The van der Waals surface area contributed by atoms with Gasteiger partial charge in [0.1, 0.15) is 6.54 Å². The van der Waals surface area contributed by atoms with Crippen molar-refractivity contribution in [2.45, 2.75) is 25.8 Å². The van der Waals surface area contributed by atoms with Gasteiger partial charge in [-0.2, -0.15) is 0 Å². The van der Waals surface area contributed by atoms with Gasteiger partial charge in [0.2, 0.25) is 17.7 Å². The molecule has 1 saturated carbocycles. The van der Waals surface area contributed by atoms with Crippen LogP contribution in [0.25, 0.3) is 0 Å². The Balaban J connectivity index is 1.42. The maximum Gasteiger partial charge on any atom is 0.244 e. The van der Waals surface area contributed by atoms with Crippen molar-refractivity contribution in [2.24, 2.45) is 5.92 Å². The second kappa shape index (κ2) is 6.72. The number of hydrogen-bond donors (Lipinski definition) is 1. The lowest BCUT2D eigenvalue weighted by atomic mass is 10.1. The van der Waals surface area contributed by atoms with Crippen LogP contribution >= 0.6 is 0 Å². The lowest BCUT2D eigenvalue weighted by molar-refractivity contribution is -0.135. The second-order valence-corrected chi connectivity index (χ2v) is 7.30. The average molecular weight is 356 g/mol. The van der Waals surface area contributed by atoms with Crippen LogP contribution in [0.2, 0.25) is 0 Å². The third-order valence-corrected chi connectivity index (χ3v) is 5.49. The number of amides is 3. The Morgan fingerprint density at radius 1 is 1.12 bits per heavy atom. The van der Waals surface area contributed by atoms with Crippen LogP contribution in [0.15, 0.2) is 24.3 Å². The SMILES string of the molecule is C[C@@H](C(=O)N1CC(=O)Nc2ccccc21)N1CCN(C(=O)C2CC2)CC1. The third-order valence-electron chi connectivity index (χ3n) is 5.49. The first-order valence-corrected chi connectivity index (χ1v) is 9.27. The molecule has 0 bridgehead atoms. The van der Waals surface area contributed by atoms with Gasteiger partial charge in [-0.25, -0.2) is 0 Å². The number of nitrogens with one attached hydrogen (secondary N) is 1. The van der Waals surface area contributed by atoms with Gasteiger partial charge in [-0.15, -0.1) is 0 Å². The van der Waals surface area contributed by atoms with Crippen LogP contribution in [0.3, 0.4) is 0 Å². The molecule has 0 radical (unpaired) electrons. The van der Waals surface area contributed by atoms with Crippen LogP contribution in [-0.2, 0) is 14.4 Å². The molecule has 1 aromatic carbocycles. The zero-order valence-corrected chi connectivity index (χ0v) is 15.0. The quantitative estimate of drug-likeness (QED) is 0.874. The summed E-state index contributed by atoms with van der Waals surface area (Å²) >= 11 is 0. The maximum atomic E-state index is 13.1. The number of rotatable bonds is 3. The number of hydrogen-bond acceptors (Lipinski definition) is 4. The Kier molecular flexibility index (Phi) is 4.40. The number of fused-ring (bicyclic) bond motifs is 1. The number of carbonyl (C=O) groups excluding carboxylic acids is 3. The fourth-order valence-electron chi connectivity index (χ4n) is 3.73. The largest absolute Gasteiger partial charge is 0.340 e. The zero-order valence-electron chi connectivity index (χ0n) is 15.0. The van der Waals surface area contributed by atoms with Crippen molar-refractivity contribution in [3.63, 3.8) is 0 Å². The summed E-state index contributed by atoms with van der Waals surface area (Å²) in [6.07, 6.45) is 2.04. The van der Waals surface area contributed by atoms with Gasteiger partial charge in [0.05, 0.1) is 17.4 Å². The van der Waals surface area contributed by atoms with Crippen molar-refractivity contribution in [1.29, 1.82) is 0 Å². The van der Waals surface area contributed by atoms with Crippen molar-refractivity contribution in [3.05, 3.63) is 24.3 Å². The van der Waals surface area contributed by atoms with E-state index in [4.69, 9.17) is 0 Å². The van der Waals surface area contributed by atoms with Crippen LogP contribution in [0.4, 0.5) is 11.4 Å². The molecule has 2 fully saturated rings. The minimum absolute atomic E-state index is 0.0420. The van der Waals surface area contributed by atoms with Crippen molar-refractivity contribution in [3.8, 4) is 0 Å². The summed E-state index contributed by atoms with van der Waals surface area (Å²) in [5.74, 6) is 0.257. The number of anilines is 2. The summed E-state index contributed by atoms with van der Waals surface area (Å²) in [5.41, 5.74) is 1.41. The van der Waals surface area contributed by atoms with Crippen molar-refractivity contribution >= 4 is 29.1 Å². The molecule has 26 heavy (non-hydrogen) atoms. The van der Waals surface area contributed by atoms with E-state index in [0.29, 0.717) is 31.9 Å². The summed E-state index contributed by atoms with van der Waals surface area (Å²) in [4.78, 5) is 42.8. The number of nitrogens with zero attached hydrogens (tertiary/aromatic N) is 3. The molecule has 1 aliphatic carbocycles. The fourth-order valence-corrected chi connectivity index (χ4v) is 3.73. The van der Waals surface area contributed by atoms with E-state index >= 15 is 0 Å². The first-order valence-electron chi connectivity index (χ1n) is 9.27. The molecule has 2 aliphatic heterocycles. The molecule has 2 heterocycles. The van der Waals surface area contributed by atoms with Crippen molar-refractivity contribution < 1.29 is 14.4 Å². The Bertz CT molecular complexity index is 738. The molecule has 1 aromatic rings. The first-order chi connectivity index (χ1) is 12.5. The van der Waals surface area contributed by atoms with Gasteiger partial charge in [0.25, 0.3) is 0 Å². The molecule has 3 amide bonds. The van der Waals surface area contributed by atoms with Crippen LogP contribution in [0.5, 0.6) is 0 Å². The second-order valence-electron chi connectivity index (χ2n) is 7.30. The smallest absolute Gasteiger partial charge is 0.244 e. The van der Waals surface area contributed by atoms with Gasteiger partial charge in [-0.1, -0.05) is 12.1 Å². The lowest BCUT2D eigenvalue weighted by Gasteiger charge is -2.39. The predicted molar refractivity (Wildman–Crippen MR) is 97.8 cm³/mol. The third kappa shape index (κ3) is 3.19. The zero-order chi connectivity index (χ0) is 18.3. The van der Waals surface area contributed by atoms with Crippen LogP contribution in [0, 0.1) is 5.92 Å². The number of carbonyl (C=O) groups is 3. The minimum Gasteiger partial charge on any atom is -0.340 e. The predicted octanol–water partition coefficient (Wildman–Crippen LogP) is 0.914. The molecule has 0 unspecified atom stereocenters. The lowest BCUT2D eigenvalue weighted by Crippen LogP contribution is -2.57. The van der Waals surface area contributed by atoms with E-state index in [2.05, 4.69) is 10.2 Å². The van der Waals surface area contributed by atoms with Crippen LogP contribution in [0.1, 0.15) is 19.8 Å². The van der Waals surface area contributed by atoms with Gasteiger partial charge >= 0.3 is 0 Å². The highest BCUT2D eigenvalue weighted by Gasteiger charge is 2.37. The molecule has 138 valence electrons. The number of piperazine rings is 1. The summed E-state index contributed by atoms with van der Waals surface area (Å²) in [5, 5.41) is 2.81. The van der Waals surface area contributed by atoms with E-state index in [-0.39, 0.29) is 36.2 Å². The number of para-hydroxylation sites is 2. The Morgan fingerprint density at radius 3 is 2.50 bits per heavy atom. The molecule has 1 N–H and O–H groups in total. The Morgan fingerprint density at radius 2 is 1.81 bits per heavy atom. The summed E-state index contributed by atoms with van der Waals surface area (Å²) < 4.78 is 0. The monoisotopic (exact) mass is 356 g/mol. The summed E-state index contributed by atoms with van der Waals surface area (Å²) in [6, 6.07) is 7.04. The van der Waals surface area contributed by atoms with Gasteiger partial charge in [0, 0.05) is 32.1 Å². The molecular formula is C19H24N4O3. The highest BCUT2D eigenvalue weighted by atomic mass is 16.2. The first kappa shape index (κ1) is 17.0. The summed E-state index contributed by atoms with van der Waals surface area (Å²) in [7, 11) is 0.